The number of aromatic nitrogens is 1. The van der Waals surface area contributed by atoms with E-state index in [9.17, 15) is 8.42 Å². The molecule has 1 saturated heterocycles. The molecule has 2 atom stereocenters. The Morgan fingerprint density at radius 3 is 3.05 bits per heavy atom. The van der Waals surface area contributed by atoms with Crippen molar-refractivity contribution in [2.45, 2.75) is 44.7 Å². The van der Waals surface area contributed by atoms with E-state index in [4.69, 9.17) is 0 Å². The fourth-order valence-corrected chi connectivity index (χ4v) is 4.38. The largest absolute Gasteiger partial charge is 0.314 e. The van der Waals surface area contributed by atoms with Crippen molar-refractivity contribution in [3.05, 3.63) is 16.6 Å². The molecule has 1 aromatic rings. The van der Waals surface area contributed by atoms with E-state index in [1.165, 1.54) is 24.2 Å². The Bertz CT molecular complexity index is 467. The van der Waals surface area contributed by atoms with Crippen molar-refractivity contribution in [2.75, 3.05) is 12.3 Å². The van der Waals surface area contributed by atoms with Gasteiger partial charge in [-0.15, -0.1) is 11.3 Å². The topological polar surface area (TPSA) is 71.1 Å². The summed E-state index contributed by atoms with van der Waals surface area (Å²) in [5.74, 6) is 0.181. The zero-order chi connectivity index (χ0) is 13.7. The molecule has 2 N–H and O–H groups in total. The Labute approximate surface area is 118 Å². The molecule has 0 aromatic carbocycles. The van der Waals surface area contributed by atoms with Crippen LogP contribution in [0.5, 0.6) is 0 Å². The lowest BCUT2D eigenvalue weighted by Gasteiger charge is -2.23. The first kappa shape index (κ1) is 14.9. The summed E-state index contributed by atoms with van der Waals surface area (Å²) >= 11 is 1.47. The van der Waals surface area contributed by atoms with Crippen LogP contribution in [0.1, 0.15) is 43.7 Å². The maximum Gasteiger partial charge on any atom is 0.212 e. The van der Waals surface area contributed by atoms with Crippen LogP contribution in [0, 0.1) is 0 Å². The third kappa shape index (κ3) is 4.83. The predicted molar refractivity (Wildman–Crippen MR) is 77.7 cm³/mol. The Balaban J connectivity index is 1.81. The molecule has 0 bridgehead atoms. The number of nitrogens with zero attached hydrogens (tertiary/aromatic N) is 1. The van der Waals surface area contributed by atoms with E-state index in [0.717, 1.165) is 18.0 Å². The minimum Gasteiger partial charge on any atom is -0.314 e. The lowest BCUT2D eigenvalue weighted by Crippen LogP contribution is -2.37. The van der Waals surface area contributed by atoms with Crippen molar-refractivity contribution in [1.29, 1.82) is 0 Å². The van der Waals surface area contributed by atoms with E-state index in [-0.39, 0.29) is 11.8 Å². The van der Waals surface area contributed by atoms with Gasteiger partial charge in [0.15, 0.2) is 0 Å². The van der Waals surface area contributed by atoms with Crippen molar-refractivity contribution >= 4 is 21.4 Å². The zero-order valence-electron chi connectivity index (χ0n) is 11.1. The predicted octanol–water partition coefficient (Wildman–Crippen LogP) is 1.66. The molecule has 0 amide bonds. The molecule has 2 rings (SSSR count). The Hall–Kier alpha value is -0.500. The fourth-order valence-electron chi connectivity index (χ4n) is 2.29. The smallest absolute Gasteiger partial charge is 0.212 e. The number of sulfonamides is 1. The average Bonchev–Trinajstić information content (AvgIpc) is 2.91. The van der Waals surface area contributed by atoms with Gasteiger partial charge in [-0.1, -0.05) is 6.42 Å². The standard InChI is InChI=1S/C12H21N3O2S2/c1-10(12-14-7-8-18-12)15-19(16,17)9-5-11-4-2-3-6-13-11/h7-8,10-11,13,15H,2-6,9H2,1H3. The van der Waals surface area contributed by atoms with E-state index in [0.29, 0.717) is 12.5 Å². The molecular weight excluding hydrogens is 282 g/mol. The van der Waals surface area contributed by atoms with Gasteiger partial charge in [-0.2, -0.15) is 0 Å². The quantitative estimate of drug-likeness (QED) is 0.838. The number of nitrogens with one attached hydrogen (secondary N) is 2. The molecule has 0 spiro atoms. The number of piperidine rings is 1. The highest BCUT2D eigenvalue weighted by atomic mass is 32.2. The van der Waals surface area contributed by atoms with Gasteiger partial charge in [-0.05, 0) is 32.7 Å². The molecule has 1 fully saturated rings. The van der Waals surface area contributed by atoms with Crippen molar-refractivity contribution in [1.82, 2.24) is 15.0 Å². The van der Waals surface area contributed by atoms with Gasteiger partial charge in [-0.25, -0.2) is 18.1 Å². The van der Waals surface area contributed by atoms with Gasteiger partial charge in [0, 0.05) is 17.6 Å². The molecule has 7 heteroatoms. The first-order valence-corrected chi connectivity index (χ1v) is 9.23. The van der Waals surface area contributed by atoms with Crippen molar-refractivity contribution in [2.24, 2.45) is 0 Å². The minimum atomic E-state index is -3.23. The highest BCUT2D eigenvalue weighted by Gasteiger charge is 2.20. The van der Waals surface area contributed by atoms with Gasteiger partial charge in [0.25, 0.3) is 0 Å². The first-order valence-electron chi connectivity index (χ1n) is 6.69. The molecule has 2 heterocycles. The van der Waals surface area contributed by atoms with Gasteiger partial charge in [0.05, 0.1) is 11.8 Å². The lowest BCUT2D eigenvalue weighted by molar-refractivity contribution is 0.392. The second-order valence-electron chi connectivity index (χ2n) is 4.96. The number of rotatable bonds is 6. The van der Waals surface area contributed by atoms with Crippen LogP contribution in [0.4, 0.5) is 0 Å². The third-order valence-corrected chi connectivity index (χ3v) is 5.77. The molecule has 0 radical (unpaired) electrons. The second kappa shape index (κ2) is 6.78. The average molecular weight is 303 g/mol. The molecule has 1 aliphatic heterocycles. The van der Waals surface area contributed by atoms with Gasteiger partial charge in [0.1, 0.15) is 5.01 Å². The normalized spacial score (nSPS) is 22.3. The zero-order valence-corrected chi connectivity index (χ0v) is 12.8. The maximum absolute atomic E-state index is 12.0. The van der Waals surface area contributed by atoms with Gasteiger partial charge < -0.3 is 5.32 Å². The molecule has 108 valence electrons. The second-order valence-corrected chi connectivity index (χ2v) is 7.76. The molecule has 1 aliphatic rings. The highest BCUT2D eigenvalue weighted by molar-refractivity contribution is 7.89. The van der Waals surface area contributed by atoms with Crippen LogP contribution in [0.2, 0.25) is 0 Å². The van der Waals surface area contributed by atoms with Crippen LogP contribution in [0.3, 0.4) is 0 Å². The van der Waals surface area contributed by atoms with E-state index >= 15 is 0 Å². The van der Waals surface area contributed by atoms with E-state index in [2.05, 4.69) is 15.0 Å². The highest BCUT2D eigenvalue weighted by Crippen LogP contribution is 2.16. The van der Waals surface area contributed by atoms with Crippen LogP contribution in [-0.2, 0) is 10.0 Å². The molecule has 19 heavy (non-hydrogen) atoms. The summed E-state index contributed by atoms with van der Waals surface area (Å²) < 4.78 is 26.7. The Kier molecular flexibility index (Phi) is 5.32. The van der Waals surface area contributed by atoms with Gasteiger partial charge >= 0.3 is 0 Å². The number of hydrogen-bond donors (Lipinski definition) is 2. The Morgan fingerprint density at radius 1 is 1.58 bits per heavy atom. The Morgan fingerprint density at radius 2 is 2.42 bits per heavy atom. The lowest BCUT2D eigenvalue weighted by atomic mass is 10.0. The van der Waals surface area contributed by atoms with Crippen LogP contribution in [0.25, 0.3) is 0 Å². The SMILES string of the molecule is CC(NS(=O)(=O)CCC1CCCCN1)c1nccs1. The summed E-state index contributed by atoms with van der Waals surface area (Å²) in [6, 6.07) is 0.102. The number of hydrogen-bond acceptors (Lipinski definition) is 5. The summed E-state index contributed by atoms with van der Waals surface area (Å²) in [6.07, 6.45) is 5.84. The van der Waals surface area contributed by atoms with Crippen LogP contribution in [-0.4, -0.2) is 31.7 Å². The van der Waals surface area contributed by atoms with Crippen molar-refractivity contribution < 1.29 is 8.42 Å². The van der Waals surface area contributed by atoms with E-state index in [1.54, 1.807) is 6.20 Å². The molecule has 0 aliphatic carbocycles. The van der Waals surface area contributed by atoms with E-state index in [1.807, 2.05) is 12.3 Å². The van der Waals surface area contributed by atoms with Gasteiger partial charge in [-0.3, -0.25) is 0 Å². The summed E-state index contributed by atoms with van der Waals surface area (Å²) in [7, 11) is -3.23. The first-order chi connectivity index (χ1) is 9.07. The molecular formula is C12H21N3O2S2. The molecule has 1 aromatic heterocycles. The number of thiazole rings is 1. The summed E-state index contributed by atoms with van der Waals surface area (Å²) in [4.78, 5) is 4.13. The summed E-state index contributed by atoms with van der Waals surface area (Å²) in [5.41, 5.74) is 0. The molecule has 2 unspecified atom stereocenters. The van der Waals surface area contributed by atoms with E-state index < -0.39 is 10.0 Å². The third-order valence-electron chi connectivity index (χ3n) is 3.33. The fraction of sp³-hybridized carbons (Fsp3) is 0.750. The van der Waals surface area contributed by atoms with Crippen LogP contribution >= 0.6 is 11.3 Å². The minimum absolute atomic E-state index is 0.181. The van der Waals surface area contributed by atoms with Gasteiger partial charge in [0.2, 0.25) is 10.0 Å². The summed E-state index contributed by atoms with van der Waals surface area (Å²) in [6.45, 7) is 2.84. The van der Waals surface area contributed by atoms with Crippen molar-refractivity contribution in [3.8, 4) is 0 Å². The monoisotopic (exact) mass is 303 g/mol. The van der Waals surface area contributed by atoms with Crippen LogP contribution in [0.15, 0.2) is 11.6 Å². The molecule has 0 saturated carbocycles. The van der Waals surface area contributed by atoms with Crippen molar-refractivity contribution in [3.63, 3.8) is 0 Å². The summed E-state index contributed by atoms with van der Waals surface area (Å²) in [5, 5.41) is 6.03. The molecule has 5 nitrogen and oxygen atoms in total. The van der Waals surface area contributed by atoms with Crippen LogP contribution < -0.4 is 10.0 Å². The maximum atomic E-state index is 12.0.